The van der Waals surface area contributed by atoms with Crippen molar-refractivity contribution in [2.75, 3.05) is 6.26 Å². The zero-order valence-electron chi connectivity index (χ0n) is 18.2. The normalized spacial score (nSPS) is 19.6. The lowest BCUT2D eigenvalue weighted by Gasteiger charge is -2.29. The van der Waals surface area contributed by atoms with Crippen molar-refractivity contribution < 1.29 is 22.2 Å². The quantitative estimate of drug-likeness (QED) is 0.318. The summed E-state index contributed by atoms with van der Waals surface area (Å²) in [4.78, 5) is 5.54. The number of benzene rings is 3. The highest BCUT2D eigenvalue weighted by Crippen LogP contribution is 2.49. The number of halogens is 6. The highest BCUT2D eigenvalue weighted by molar-refractivity contribution is 7.93. The van der Waals surface area contributed by atoms with Crippen LogP contribution in [0.2, 0.25) is 15.1 Å². The monoisotopic (exact) mass is 560 g/mol. The second-order valence-electron chi connectivity index (χ2n) is 8.03. The van der Waals surface area contributed by atoms with E-state index < -0.39 is 27.9 Å². The summed E-state index contributed by atoms with van der Waals surface area (Å²) in [7, 11) is -2.68. The lowest BCUT2D eigenvalue weighted by molar-refractivity contribution is -0.275. The van der Waals surface area contributed by atoms with Crippen LogP contribution in [-0.4, -0.2) is 22.4 Å². The molecule has 1 aliphatic heterocycles. The first-order valence-corrected chi connectivity index (χ1v) is 13.3. The fourth-order valence-corrected chi connectivity index (χ4v) is 5.63. The van der Waals surface area contributed by atoms with E-state index in [9.17, 15) is 17.4 Å². The number of rotatable bonds is 5. The molecule has 1 heterocycles. The molecule has 0 spiro atoms. The van der Waals surface area contributed by atoms with E-state index in [-0.39, 0.29) is 27.9 Å². The summed E-state index contributed by atoms with van der Waals surface area (Å²) in [6, 6.07) is 17.0. The Hall–Kier alpha value is -2.26. The van der Waals surface area contributed by atoms with Gasteiger partial charge in [0.2, 0.25) is 0 Å². The maximum absolute atomic E-state index is 14.2. The van der Waals surface area contributed by atoms with Crippen molar-refractivity contribution in [3.05, 3.63) is 98.5 Å². The molecule has 0 aliphatic carbocycles. The number of nitrogens with zero attached hydrogens (tertiary/aromatic N) is 2. The van der Waals surface area contributed by atoms with Gasteiger partial charge in [-0.3, -0.25) is 0 Å². The van der Waals surface area contributed by atoms with E-state index in [1.807, 2.05) is 0 Å². The molecule has 0 radical (unpaired) electrons. The number of hydrogen-bond acceptors (Lipinski definition) is 4. The first-order chi connectivity index (χ1) is 16.4. The van der Waals surface area contributed by atoms with Crippen molar-refractivity contribution in [3.63, 3.8) is 0 Å². The number of oxime groups is 1. The van der Waals surface area contributed by atoms with E-state index in [1.54, 1.807) is 48.5 Å². The fourth-order valence-electron chi connectivity index (χ4n) is 3.62. The summed E-state index contributed by atoms with van der Waals surface area (Å²) >= 11 is 17.9. The van der Waals surface area contributed by atoms with E-state index >= 15 is 0 Å². The van der Waals surface area contributed by atoms with Crippen molar-refractivity contribution in [2.45, 2.75) is 29.6 Å². The standard InChI is InChI=1S/C24H18Cl3F3N2O2S/c1-35(33,21-4-2-3-18(25)12-21)31-14-15-5-7-16(8-6-15)22-13-23(34-32-22,24(28,29)30)17-9-19(26)11-20(27)10-17/h2-12H,13-14H2,1H3. The molecule has 3 aromatic carbocycles. The molecule has 4 nitrogen and oxygen atoms in total. The van der Waals surface area contributed by atoms with Gasteiger partial charge >= 0.3 is 6.18 Å². The van der Waals surface area contributed by atoms with Gasteiger partial charge in [-0.15, -0.1) is 0 Å². The Labute approximate surface area is 215 Å². The molecule has 2 atom stereocenters. The minimum atomic E-state index is -4.77. The smallest absolute Gasteiger partial charge is 0.374 e. The molecule has 3 aromatic rings. The molecule has 2 unspecified atom stereocenters. The zero-order chi connectivity index (χ0) is 25.4. The van der Waals surface area contributed by atoms with Gasteiger partial charge in [0.15, 0.2) is 0 Å². The molecule has 35 heavy (non-hydrogen) atoms. The van der Waals surface area contributed by atoms with Gasteiger partial charge in [-0.1, -0.05) is 70.3 Å². The average molecular weight is 562 g/mol. The molecule has 11 heteroatoms. The molecule has 0 saturated carbocycles. The van der Waals surface area contributed by atoms with Crippen LogP contribution >= 0.6 is 34.8 Å². The summed E-state index contributed by atoms with van der Waals surface area (Å²) in [6.45, 7) is 0.151. The Balaban J connectivity index is 1.55. The second kappa shape index (κ2) is 9.65. The average Bonchev–Trinajstić information content (AvgIpc) is 3.25. The summed E-state index contributed by atoms with van der Waals surface area (Å²) in [5.41, 5.74) is -1.61. The lowest BCUT2D eigenvalue weighted by atomic mass is 9.86. The first-order valence-electron chi connectivity index (χ1n) is 10.2. The van der Waals surface area contributed by atoms with Gasteiger partial charge in [0.05, 0.1) is 22.0 Å². The van der Waals surface area contributed by atoms with Crippen molar-refractivity contribution in [1.82, 2.24) is 0 Å². The van der Waals surface area contributed by atoms with Gasteiger partial charge in [0, 0.05) is 38.2 Å². The second-order valence-corrected chi connectivity index (χ2v) is 11.7. The van der Waals surface area contributed by atoms with Gasteiger partial charge in [-0.25, -0.2) is 8.57 Å². The molecule has 0 aromatic heterocycles. The molecule has 0 saturated heterocycles. The van der Waals surface area contributed by atoms with Gasteiger partial charge in [-0.2, -0.15) is 13.2 Å². The molecule has 4 rings (SSSR count). The van der Waals surface area contributed by atoms with Crippen molar-refractivity contribution in [3.8, 4) is 0 Å². The Morgan fingerprint density at radius 3 is 2.26 bits per heavy atom. The van der Waals surface area contributed by atoms with Crippen LogP contribution < -0.4 is 0 Å². The molecule has 0 N–H and O–H groups in total. The number of hydrogen-bond donors (Lipinski definition) is 0. The highest BCUT2D eigenvalue weighted by Gasteiger charge is 2.62. The van der Waals surface area contributed by atoms with E-state index in [2.05, 4.69) is 9.52 Å². The van der Waals surface area contributed by atoms with Crippen LogP contribution in [0.4, 0.5) is 13.2 Å². The van der Waals surface area contributed by atoms with Crippen LogP contribution in [0, 0.1) is 0 Å². The summed E-state index contributed by atoms with van der Waals surface area (Å²) < 4.78 is 59.8. The zero-order valence-corrected chi connectivity index (χ0v) is 21.2. The Morgan fingerprint density at radius 1 is 1.00 bits per heavy atom. The van der Waals surface area contributed by atoms with Crippen LogP contribution in [0.1, 0.15) is 23.1 Å². The maximum atomic E-state index is 14.2. The van der Waals surface area contributed by atoms with Crippen LogP contribution in [0.5, 0.6) is 0 Å². The third-order valence-electron chi connectivity index (χ3n) is 5.53. The van der Waals surface area contributed by atoms with E-state index in [0.29, 0.717) is 15.5 Å². The van der Waals surface area contributed by atoms with Crippen LogP contribution in [0.15, 0.2) is 81.1 Å². The third kappa shape index (κ3) is 5.45. The molecular formula is C24H18Cl3F3N2O2S. The van der Waals surface area contributed by atoms with Gasteiger partial charge in [-0.05, 0) is 47.5 Å². The van der Waals surface area contributed by atoms with Crippen molar-refractivity contribution in [2.24, 2.45) is 9.52 Å². The molecule has 184 valence electrons. The molecule has 1 aliphatic rings. The predicted octanol–water partition coefficient (Wildman–Crippen LogP) is 7.89. The van der Waals surface area contributed by atoms with Gasteiger partial charge in [0.25, 0.3) is 5.60 Å². The van der Waals surface area contributed by atoms with E-state index in [4.69, 9.17) is 39.6 Å². The van der Waals surface area contributed by atoms with Crippen molar-refractivity contribution >= 4 is 50.2 Å². The minimum absolute atomic E-state index is 0.0616. The van der Waals surface area contributed by atoms with E-state index in [0.717, 1.165) is 5.56 Å². The Kier molecular flexibility index (Phi) is 7.12. The molecule has 0 bridgehead atoms. The highest BCUT2D eigenvalue weighted by atomic mass is 35.5. The topological polar surface area (TPSA) is 51.0 Å². The van der Waals surface area contributed by atoms with Crippen LogP contribution in [0.25, 0.3) is 0 Å². The van der Waals surface area contributed by atoms with Crippen LogP contribution in [-0.2, 0) is 26.7 Å². The minimum Gasteiger partial charge on any atom is -0.374 e. The van der Waals surface area contributed by atoms with Gasteiger partial charge in [0.1, 0.15) is 0 Å². The molecular weight excluding hydrogens is 544 g/mol. The summed E-state index contributed by atoms with van der Waals surface area (Å²) in [5.74, 6) is 0. The lowest BCUT2D eigenvalue weighted by Crippen LogP contribution is -2.42. The maximum Gasteiger partial charge on any atom is 0.435 e. The molecule has 0 fully saturated rings. The molecule has 0 amide bonds. The van der Waals surface area contributed by atoms with Gasteiger partial charge < -0.3 is 4.84 Å². The largest absolute Gasteiger partial charge is 0.435 e. The third-order valence-corrected chi connectivity index (χ3v) is 7.95. The first kappa shape index (κ1) is 25.8. The Morgan fingerprint density at radius 2 is 1.66 bits per heavy atom. The number of alkyl halides is 3. The van der Waals surface area contributed by atoms with E-state index in [1.165, 1.54) is 24.5 Å². The fraction of sp³-hybridized carbons (Fsp3) is 0.208. The van der Waals surface area contributed by atoms with Crippen molar-refractivity contribution in [1.29, 1.82) is 0 Å². The summed E-state index contributed by atoms with van der Waals surface area (Å²) in [6.07, 6.45) is -3.79. The Bertz CT molecular complexity index is 1400. The van der Waals surface area contributed by atoms with Crippen LogP contribution in [0.3, 0.4) is 0 Å². The SMILES string of the molecule is CS(=O)(=NCc1ccc(C2=NOC(c3cc(Cl)cc(Cl)c3)(C(F)(F)F)C2)cc1)c1cccc(Cl)c1. The predicted molar refractivity (Wildman–Crippen MR) is 133 cm³/mol. The summed E-state index contributed by atoms with van der Waals surface area (Å²) in [5, 5.41) is 4.34.